The second-order valence-corrected chi connectivity index (χ2v) is 6.12. The number of rotatable bonds is 3. The summed E-state index contributed by atoms with van der Waals surface area (Å²) < 4.78 is -0.804. The quantitative estimate of drug-likeness (QED) is 0.370. The lowest BCUT2D eigenvalue weighted by atomic mass is 10.2. The first kappa shape index (κ1) is 14.8. The van der Waals surface area contributed by atoms with E-state index in [2.05, 4.69) is 0 Å². The number of aromatic nitrogens is 1. The normalized spacial score (nSPS) is 11.3. The largest absolute Gasteiger partial charge is 0.308 e. The fourth-order valence-electron chi connectivity index (χ4n) is 1.74. The first-order valence-electron chi connectivity index (χ1n) is 5.35. The standard InChI is InChI=1S/C12H7Cl3N2O3/c13-12(14,15)11(18)10-6-3-7-16(10)8-4-1-2-5-9(8)17(19)20/h1-7H. The number of benzene rings is 1. The molecule has 0 unspecified atom stereocenters. The Morgan fingerprint density at radius 1 is 1.15 bits per heavy atom. The van der Waals surface area contributed by atoms with Crippen LogP contribution in [0.2, 0.25) is 0 Å². The molecule has 1 aromatic heterocycles. The second-order valence-electron chi connectivity index (χ2n) is 3.84. The fraction of sp³-hybridized carbons (Fsp3) is 0.0833. The summed E-state index contributed by atoms with van der Waals surface area (Å²) >= 11 is 16.7. The number of Topliss-reactive ketones (excluding diaryl/α,β-unsaturated/α-hetero) is 1. The van der Waals surface area contributed by atoms with Crippen molar-refractivity contribution in [2.24, 2.45) is 0 Å². The number of nitro benzene ring substituents is 1. The molecule has 0 radical (unpaired) electrons. The Morgan fingerprint density at radius 2 is 1.80 bits per heavy atom. The molecule has 0 aliphatic heterocycles. The van der Waals surface area contributed by atoms with Crippen LogP contribution in [-0.4, -0.2) is 19.1 Å². The van der Waals surface area contributed by atoms with E-state index in [-0.39, 0.29) is 17.1 Å². The molecule has 8 heteroatoms. The molecule has 0 bridgehead atoms. The maximum atomic E-state index is 12.0. The van der Waals surface area contributed by atoms with Gasteiger partial charge in [0.1, 0.15) is 5.69 Å². The summed E-state index contributed by atoms with van der Waals surface area (Å²) in [6.45, 7) is 0. The number of nitrogens with zero attached hydrogens (tertiary/aromatic N) is 2. The monoisotopic (exact) mass is 332 g/mol. The molecule has 0 fully saturated rings. The molecule has 0 saturated heterocycles. The summed E-state index contributed by atoms with van der Waals surface area (Å²) in [5.74, 6) is -0.759. The van der Waals surface area contributed by atoms with Crippen LogP contribution in [0.15, 0.2) is 42.6 Å². The number of carbonyl (C=O) groups excluding carboxylic acids is 1. The molecule has 1 aromatic carbocycles. The van der Waals surface area contributed by atoms with Crippen LogP contribution in [0.4, 0.5) is 5.69 Å². The van der Waals surface area contributed by atoms with E-state index in [9.17, 15) is 14.9 Å². The third-order valence-electron chi connectivity index (χ3n) is 2.58. The number of para-hydroxylation sites is 2. The lowest BCUT2D eigenvalue weighted by Crippen LogP contribution is -2.22. The average Bonchev–Trinajstić information content (AvgIpc) is 2.85. The third-order valence-corrected chi connectivity index (χ3v) is 3.09. The Bertz CT molecular complexity index is 677. The third kappa shape index (κ3) is 2.80. The highest BCUT2D eigenvalue weighted by atomic mass is 35.6. The van der Waals surface area contributed by atoms with Crippen molar-refractivity contribution in [2.45, 2.75) is 3.79 Å². The minimum atomic E-state index is -2.13. The van der Waals surface area contributed by atoms with E-state index in [1.54, 1.807) is 12.1 Å². The average molecular weight is 334 g/mol. The molecule has 0 aliphatic rings. The molecule has 2 rings (SSSR count). The predicted octanol–water partition coefficient (Wildman–Crippen LogP) is 3.94. The number of carbonyl (C=O) groups is 1. The highest BCUT2D eigenvalue weighted by Gasteiger charge is 2.34. The molecule has 2 aromatic rings. The summed E-state index contributed by atoms with van der Waals surface area (Å²) in [5.41, 5.74) is 0.126. The Balaban J connectivity index is 2.60. The van der Waals surface area contributed by atoms with E-state index < -0.39 is 14.5 Å². The molecular weight excluding hydrogens is 327 g/mol. The molecule has 0 N–H and O–H groups in total. The second kappa shape index (κ2) is 5.44. The molecule has 1 heterocycles. The van der Waals surface area contributed by atoms with Gasteiger partial charge in [-0.3, -0.25) is 14.9 Å². The van der Waals surface area contributed by atoms with Crippen molar-refractivity contribution in [3.05, 3.63) is 58.4 Å². The lowest BCUT2D eigenvalue weighted by Gasteiger charge is -2.12. The maximum Gasteiger partial charge on any atom is 0.293 e. The smallest absolute Gasteiger partial charge is 0.293 e. The van der Waals surface area contributed by atoms with E-state index in [1.807, 2.05) is 0 Å². The van der Waals surface area contributed by atoms with Crippen molar-refractivity contribution < 1.29 is 9.72 Å². The minimum Gasteiger partial charge on any atom is -0.308 e. The minimum absolute atomic E-state index is 0.0549. The van der Waals surface area contributed by atoms with Gasteiger partial charge < -0.3 is 4.57 Å². The summed E-state index contributed by atoms with van der Waals surface area (Å²) in [5, 5.41) is 11.0. The predicted molar refractivity (Wildman–Crippen MR) is 77.0 cm³/mol. The summed E-state index contributed by atoms with van der Waals surface area (Å²) in [4.78, 5) is 22.5. The van der Waals surface area contributed by atoms with Crippen molar-refractivity contribution in [1.82, 2.24) is 4.57 Å². The summed E-state index contributed by atoms with van der Waals surface area (Å²) in [6.07, 6.45) is 1.49. The molecule has 5 nitrogen and oxygen atoms in total. The number of hydrogen-bond donors (Lipinski definition) is 0. The lowest BCUT2D eigenvalue weighted by molar-refractivity contribution is -0.384. The number of alkyl halides is 3. The van der Waals surface area contributed by atoms with Gasteiger partial charge in [-0.25, -0.2) is 0 Å². The molecule has 0 spiro atoms. The van der Waals surface area contributed by atoms with Gasteiger partial charge in [0, 0.05) is 12.3 Å². The van der Waals surface area contributed by atoms with E-state index >= 15 is 0 Å². The Labute approximate surface area is 128 Å². The molecular formula is C12H7Cl3N2O3. The van der Waals surface area contributed by atoms with Gasteiger partial charge in [-0.05, 0) is 18.2 Å². The van der Waals surface area contributed by atoms with Gasteiger partial charge in [-0.2, -0.15) is 0 Å². The van der Waals surface area contributed by atoms with Gasteiger partial charge in [0.05, 0.1) is 10.6 Å². The highest BCUT2D eigenvalue weighted by Crippen LogP contribution is 2.32. The van der Waals surface area contributed by atoms with Crippen molar-refractivity contribution in [3.8, 4) is 5.69 Å². The van der Waals surface area contributed by atoms with Crippen LogP contribution in [0, 0.1) is 10.1 Å². The number of halogens is 3. The maximum absolute atomic E-state index is 12.0. The van der Waals surface area contributed by atoms with Crippen LogP contribution in [0.5, 0.6) is 0 Å². The molecule has 0 atom stereocenters. The Morgan fingerprint density at radius 3 is 2.40 bits per heavy atom. The molecule has 0 aliphatic carbocycles. The van der Waals surface area contributed by atoms with Gasteiger partial charge in [0.15, 0.2) is 0 Å². The van der Waals surface area contributed by atoms with Gasteiger partial charge >= 0.3 is 0 Å². The molecule has 0 amide bonds. The number of hydrogen-bond acceptors (Lipinski definition) is 3. The van der Waals surface area contributed by atoms with Crippen LogP contribution in [0.3, 0.4) is 0 Å². The van der Waals surface area contributed by atoms with Crippen LogP contribution < -0.4 is 0 Å². The zero-order chi connectivity index (χ0) is 14.9. The zero-order valence-electron chi connectivity index (χ0n) is 9.79. The first-order chi connectivity index (χ1) is 9.32. The topological polar surface area (TPSA) is 65.1 Å². The van der Waals surface area contributed by atoms with Crippen molar-refractivity contribution in [2.75, 3.05) is 0 Å². The van der Waals surface area contributed by atoms with Crippen LogP contribution in [0.1, 0.15) is 10.5 Å². The van der Waals surface area contributed by atoms with Gasteiger partial charge in [0.25, 0.3) is 9.48 Å². The van der Waals surface area contributed by atoms with Crippen LogP contribution >= 0.6 is 34.8 Å². The van der Waals surface area contributed by atoms with Gasteiger partial charge in [-0.1, -0.05) is 46.9 Å². The summed E-state index contributed by atoms with van der Waals surface area (Å²) in [6, 6.07) is 8.96. The molecule has 104 valence electrons. The van der Waals surface area contributed by atoms with Crippen molar-refractivity contribution in [1.29, 1.82) is 0 Å². The number of nitro groups is 1. The van der Waals surface area contributed by atoms with E-state index in [0.29, 0.717) is 0 Å². The van der Waals surface area contributed by atoms with E-state index in [0.717, 1.165) is 0 Å². The SMILES string of the molecule is O=C(c1cccn1-c1ccccc1[N+](=O)[O-])C(Cl)(Cl)Cl. The zero-order valence-corrected chi connectivity index (χ0v) is 12.1. The van der Waals surface area contributed by atoms with Gasteiger partial charge in [-0.15, -0.1) is 0 Å². The Kier molecular flexibility index (Phi) is 4.04. The van der Waals surface area contributed by atoms with E-state index in [4.69, 9.17) is 34.8 Å². The first-order valence-corrected chi connectivity index (χ1v) is 6.48. The fourth-order valence-corrected chi connectivity index (χ4v) is 2.03. The van der Waals surface area contributed by atoms with E-state index in [1.165, 1.54) is 35.0 Å². The number of ketones is 1. The summed E-state index contributed by atoms with van der Waals surface area (Å²) in [7, 11) is 0. The van der Waals surface area contributed by atoms with Crippen LogP contribution in [0.25, 0.3) is 5.69 Å². The highest BCUT2D eigenvalue weighted by molar-refractivity contribution is 6.77. The Hall–Kier alpha value is -1.56. The van der Waals surface area contributed by atoms with Crippen molar-refractivity contribution in [3.63, 3.8) is 0 Å². The van der Waals surface area contributed by atoms with Crippen molar-refractivity contribution >= 4 is 46.3 Å². The van der Waals surface area contributed by atoms with Crippen LogP contribution in [-0.2, 0) is 0 Å². The molecule has 20 heavy (non-hydrogen) atoms. The molecule has 0 saturated carbocycles. The van der Waals surface area contributed by atoms with Gasteiger partial charge in [0.2, 0.25) is 5.78 Å².